The van der Waals surface area contributed by atoms with E-state index in [0.717, 1.165) is 4.90 Å². The Labute approximate surface area is 74.8 Å². The van der Waals surface area contributed by atoms with Gasteiger partial charge in [0.1, 0.15) is 12.8 Å². The Kier molecular flexibility index (Phi) is 2.84. The van der Waals surface area contributed by atoms with Gasteiger partial charge in [-0.25, -0.2) is 4.79 Å². The molecule has 0 atom stereocenters. The Morgan fingerprint density at radius 2 is 2.38 bits per heavy atom. The van der Waals surface area contributed by atoms with E-state index in [-0.39, 0.29) is 31.0 Å². The molecule has 0 aromatic carbocycles. The minimum absolute atomic E-state index is 0.0159. The number of carbonyl (C=O) groups excluding carboxylic acids is 1. The SMILES string of the molecule is CON=C1CN(C(=O)O)CCC1=O. The highest BCUT2D eigenvalue weighted by atomic mass is 16.6. The molecule has 0 aliphatic carbocycles. The van der Waals surface area contributed by atoms with E-state index in [9.17, 15) is 9.59 Å². The van der Waals surface area contributed by atoms with Gasteiger partial charge in [0.25, 0.3) is 0 Å². The number of Topliss-reactive ketones (excluding diaryl/α,β-unsaturated/α-hetero) is 1. The number of ketones is 1. The van der Waals surface area contributed by atoms with Gasteiger partial charge in [-0.2, -0.15) is 0 Å². The van der Waals surface area contributed by atoms with Crippen LogP contribution >= 0.6 is 0 Å². The number of carboxylic acid groups (broad SMARTS) is 1. The summed E-state index contributed by atoms with van der Waals surface area (Å²) < 4.78 is 0. The van der Waals surface area contributed by atoms with Gasteiger partial charge in [-0.3, -0.25) is 4.79 Å². The molecule has 0 bridgehead atoms. The molecular weight excluding hydrogens is 176 g/mol. The monoisotopic (exact) mass is 186 g/mol. The number of amides is 1. The summed E-state index contributed by atoms with van der Waals surface area (Å²) in [6, 6.07) is 0. The minimum Gasteiger partial charge on any atom is -0.465 e. The first-order chi connectivity index (χ1) is 6.15. The molecule has 1 fully saturated rings. The van der Waals surface area contributed by atoms with Crippen LogP contribution in [0.4, 0.5) is 4.79 Å². The van der Waals surface area contributed by atoms with Crippen molar-refractivity contribution in [2.24, 2.45) is 5.16 Å². The summed E-state index contributed by atoms with van der Waals surface area (Å²) in [4.78, 5) is 27.2. The third-order valence-corrected chi connectivity index (χ3v) is 1.74. The maximum atomic E-state index is 11.1. The van der Waals surface area contributed by atoms with Crippen molar-refractivity contribution in [1.29, 1.82) is 0 Å². The van der Waals surface area contributed by atoms with E-state index in [1.54, 1.807) is 0 Å². The van der Waals surface area contributed by atoms with Crippen LogP contribution in [0.25, 0.3) is 0 Å². The number of rotatable bonds is 1. The van der Waals surface area contributed by atoms with Crippen LogP contribution in [0.15, 0.2) is 5.16 Å². The van der Waals surface area contributed by atoms with Gasteiger partial charge in [-0.1, -0.05) is 5.16 Å². The van der Waals surface area contributed by atoms with Gasteiger partial charge >= 0.3 is 6.09 Å². The predicted octanol–water partition coefficient (Wildman–Crippen LogP) is -0.0584. The van der Waals surface area contributed by atoms with Crippen molar-refractivity contribution >= 4 is 17.6 Å². The maximum absolute atomic E-state index is 11.1. The number of likely N-dealkylation sites (tertiary alicyclic amines) is 1. The Balaban J connectivity index is 2.69. The molecule has 1 aliphatic heterocycles. The van der Waals surface area contributed by atoms with Crippen molar-refractivity contribution in [2.75, 3.05) is 20.2 Å². The first-order valence-corrected chi connectivity index (χ1v) is 3.76. The van der Waals surface area contributed by atoms with Crippen molar-refractivity contribution in [3.8, 4) is 0 Å². The average molecular weight is 186 g/mol. The molecule has 72 valence electrons. The van der Waals surface area contributed by atoms with Crippen LogP contribution in [0.2, 0.25) is 0 Å². The summed E-state index contributed by atoms with van der Waals surface area (Å²) in [6.07, 6.45) is -0.870. The molecule has 1 saturated heterocycles. The zero-order valence-electron chi connectivity index (χ0n) is 7.19. The minimum atomic E-state index is -1.05. The van der Waals surface area contributed by atoms with Crippen molar-refractivity contribution in [3.05, 3.63) is 0 Å². The largest absolute Gasteiger partial charge is 0.465 e. The summed E-state index contributed by atoms with van der Waals surface area (Å²) in [5.41, 5.74) is 0.163. The summed E-state index contributed by atoms with van der Waals surface area (Å²) in [5, 5.41) is 12.1. The number of nitrogens with zero attached hydrogens (tertiary/aromatic N) is 2. The molecule has 1 aliphatic rings. The highest BCUT2D eigenvalue weighted by Crippen LogP contribution is 2.04. The van der Waals surface area contributed by atoms with E-state index < -0.39 is 6.09 Å². The molecule has 0 aromatic rings. The van der Waals surface area contributed by atoms with E-state index in [4.69, 9.17) is 5.11 Å². The molecule has 0 radical (unpaired) electrons. The average Bonchev–Trinajstić information content (AvgIpc) is 2.08. The van der Waals surface area contributed by atoms with E-state index in [1.165, 1.54) is 7.11 Å². The van der Waals surface area contributed by atoms with Gasteiger partial charge in [0.2, 0.25) is 0 Å². The quantitative estimate of drug-likeness (QED) is 0.582. The molecule has 0 spiro atoms. The molecular formula is C7H10N2O4. The van der Waals surface area contributed by atoms with Crippen LogP contribution in [-0.2, 0) is 9.63 Å². The van der Waals surface area contributed by atoms with Gasteiger partial charge < -0.3 is 14.8 Å². The molecule has 1 N–H and O–H groups in total. The van der Waals surface area contributed by atoms with Crippen molar-refractivity contribution in [2.45, 2.75) is 6.42 Å². The molecule has 13 heavy (non-hydrogen) atoms. The van der Waals surface area contributed by atoms with Crippen molar-refractivity contribution in [3.63, 3.8) is 0 Å². The first kappa shape index (κ1) is 9.50. The second kappa shape index (κ2) is 3.88. The summed E-state index contributed by atoms with van der Waals surface area (Å²) in [5.74, 6) is -0.153. The number of oxime groups is 1. The van der Waals surface area contributed by atoms with Crippen molar-refractivity contribution < 1.29 is 19.5 Å². The van der Waals surface area contributed by atoms with Crippen LogP contribution in [0.1, 0.15) is 6.42 Å². The Bertz CT molecular complexity index is 261. The molecule has 1 rings (SSSR count). The number of piperidine rings is 1. The summed E-state index contributed by atoms with van der Waals surface area (Å²) >= 11 is 0. The van der Waals surface area contributed by atoms with Crippen LogP contribution in [0.3, 0.4) is 0 Å². The Morgan fingerprint density at radius 1 is 1.69 bits per heavy atom. The third-order valence-electron chi connectivity index (χ3n) is 1.74. The summed E-state index contributed by atoms with van der Waals surface area (Å²) in [6.45, 7) is 0.249. The van der Waals surface area contributed by atoms with E-state index in [1.807, 2.05) is 0 Å². The van der Waals surface area contributed by atoms with E-state index >= 15 is 0 Å². The molecule has 6 nitrogen and oxygen atoms in total. The number of hydrogen-bond acceptors (Lipinski definition) is 4. The zero-order valence-corrected chi connectivity index (χ0v) is 7.19. The highest BCUT2D eigenvalue weighted by Gasteiger charge is 2.26. The lowest BCUT2D eigenvalue weighted by molar-refractivity contribution is -0.114. The second-order valence-electron chi connectivity index (χ2n) is 2.60. The number of carbonyl (C=O) groups is 2. The van der Waals surface area contributed by atoms with E-state index in [0.29, 0.717) is 0 Å². The fraction of sp³-hybridized carbons (Fsp3) is 0.571. The first-order valence-electron chi connectivity index (χ1n) is 3.76. The zero-order chi connectivity index (χ0) is 9.84. The molecule has 1 amide bonds. The highest BCUT2D eigenvalue weighted by molar-refractivity contribution is 6.41. The third kappa shape index (κ3) is 2.17. The number of hydrogen-bond donors (Lipinski definition) is 1. The van der Waals surface area contributed by atoms with Crippen LogP contribution in [0, 0.1) is 0 Å². The molecule has 6 heteroatoms. The summed E-state index contributed by atoms with van der Waals surface area (Å²) in [7, 11) is 1.32. The normalized spacial score (nSPS) is 20.5. The lowest BCUT2D eigenvalue weighted by Crippen LogP contribution is -2.44. The van der Waals surface area contributed by atoms with Gasteiger partial charge in [0.05, 0.1) is 6.54 Å². The van der Waals surface area contributed by atoms with Crippen molar-refractivity contribution in [1.82, 2.24) is 4.90 Å². The standard InChI is InChI=1S/C7H10N2O4/c1-13-8-5-4-9(7(11)12)3-2-6(5)10/h2-4H2,1H3,(H,11,12). The Morgan fingerprint density at radius 3 is 2.92 bits per heavy atom. The van der Waals surface area contributed by atoms with Crippen LogP contribution < -0.4 is 0 Å². The maximum Gasteiger partial charge on any atom is 0.407 e. The molecule has 0 unspecified atom stereocenters. The second-order valence-corrected chi connectivity index (χ2v) is 2.60. The molecule has 0 aromatic heterocycles. The van der Waals surface area contributed by atoms with E-state index in [2.05, 4.69) is 9.99 Å². The lowest BCUT2D eigenvalue weighted by atomic mass is 10.1. The lowest BCUT2D eigenvalue weighted by Gasteiger charge is -2.23. The van der Waals surface area contributed by atoms with Gasteiger partial charge in [0, 0.05) is 13.0 Å². The predicted molar refractivity (Wildman–Crippen MR) is 43.7 cm³/mol. The Hall–Kier alpha value is -1.59. The van der Waals surface area contributed by atoms with Gasteiger partial charge in [-0.05, 0) is 0 Å². The van der Waals surface area contributed by atoms with Crippen LogP contribution in [-0.4, -0.2) is 47.8 Å². The fourth-order valence-corrected chi connectivity index (χ4v) is 1.08. The fourth-order valence-electron chi connectivity index (χ4n) is 1.08. The molecule has 1 heterocycles. The van der Waals surface area contributed by atoms with Crippen LogP contribution in [0.5, 0.6) is 0 Å². The molecule has 0 saturated carbocycles. The van der Waals surface area contributed by atoms with Gasteiger partial charge in [-0.15, -0.1) is 0 Å². The smallest absolute Gasteiger partial charge is 0.407 e. The topological polar surface area (TPSA) is 79.2 Å². The van der Waals surface area contributed by atoms with Gasteiger partial charge in [0.15, 0.2) is 5.78 Å².